The number of aryl methyl sites for hydroxylation is 2. The molecule has 1 saturated heterocycles. The van der Waals surface area contributed by atoms with E-state index in [0.717, 1.165) is 56.1 Å². The number of hydrogen-bond donors (Lipinski definition) is 2. The molecule has 0 aromatic heterocycles. The van der Waals surface area contributed by atoms with Crippen LogP contribution in [0.25, 0.3) is 0 Å². The summed E-state index contributed by atoms with van der Waals surface area (Å²) in [5.74, 6) is 0.925. The number of halogens is 4. The zero-order valence-corrected chi connectivity index (χ0v) is 40.9. The van der Waals surface area contributed by atoms with E-state index in [0.29, 0.717) is 61.1 Å². The molecule has 61 heavy (non-hydrogen) atoms. The molecule has 1 amide bonds. The second kappa shape index (κ2) is 27.8. The number of benzene rings is 4. The molecular weight excluding hydrogens is 904 g/mol. The van der Waals surface area contributed by atoms with E-state index in [1.54, 1.807) is 24.3 Å². The van der Waals surface area contributed by atoms with Crippen molar-refractivity contribution in [2.24, 2.45) is 28.7 Å². The lowest BCUT2D eigenvalue weighted by Crippen LogP contribution is -2.33. The first-order valence-electron chi connectivity index (χ1n) is 21.1. The Bertz CT molecular complexity index is 1910. The Morgan fingerprint density at radius 3 is 1.56 bits per heavy atom. The normalized spacial score (nSPS) is 11.8. The lowest BCUT2D eigenvalue weighted by atomic mass is 10.1. The summed E-state index contributed by atoms with van der Waals surface area (Å²) in [5, 5.41) is 2.93. The van der Waals surface area contributed by atoms with Gasteiger partial charge in [0.05, 0.1) is 34.9 Å². The molecule has 12 heteroatoms. The van der Waals surface area contributed by atoms with Gasteiger partial charge in [-0.1, -0.05) is 135 Å². The molecule has 4 aromatic carbocycles. The van der Waals surface area contributed by atoms with Gasteiger partial charge in [0.15, 0.2) is 0 Å². The molecule has 1 heterocycles. The summed E-state index contributed by atoms with van der Waals surface area (Å²) >= 11 is 6.61. The Balaban J connectivity index is 0.000000327. The van der Waals surface area contributed by atoms with Gasteiger partial charge in [0.2, 0.25) is 12.0 Å². The van der Waals surface area contributed by atoms with E-state index in [2.05, 4.69) is 97.6 Å². The number of anilines is 4. The number of nitrogens with one attached hydrogen (secondary N) is 1. The molecule has 1 aliphatic rings. The number of carbonyl (C=O) groups is 1. The summed E-state index contributed by atoms with van der Waals surface area (Å²) in [6.45, 7) is 26.0. The van der Waals surface area contributed by atoms with Crippen molar-refractivity contribution >= 4 is 72.3 Å². The first-order valence-corrected chi connectivity index (χ1v) is 22.7. The third-order valence-corrected chi connectivity index (χ3v) is 9.77. The topological polar surface area (TPSA) is 100 Å². The molecular formula is C49H67Br2F2N5O3. The van der Waals surface area contributed by atoms with Gasteiger partial charge >= 0.3 is 0 Å². The summed E-state index contributed by atoms with van der Waals surface area (Å²) in [6, 6.07) is 21.7. The average molecular weight is 972 g/mol. The first kappa shape index (κ1) is 53.0. The predicted molar refractivity (Wildman–Crippen MR) is 259 cm³/mol. The van der Waals surface area contributed by atoms with Crippen LogP contribution in [0.1, 0.15) is 84.9 Å². The van der Waals surface area contributed by atoms with Gasteiger partial charge in [-0.05, 0) is 92.3 Å². The third-order valence-electron chi connectivity index (χ3n) is 8.86. The molecule has 5 rings (SSSR count). The van der Waals surface area contributed by atoms with Crippen LogP contribution in [0.2, 0.25) is 0 Å². The van der Waals surface area contributed by atoms with Crippen molar-refractivity contribution in [2.45, 2.75) is 88.5 Å². The first-order chi connectivity index (χ1) is 28.8. The molecule has 0 saturated carbocycles. The molecule has 0 unspecified atom stereocenters. The Labute approximate surface area is 381 Å². The molecule has 0 bridgehead atoms. The fourth-order valence-electron chi connectivity index (χ4n) is 6.45. The predicted octanol–water partition coefficient (Wildman–Crippen LogP) is 13.2. The van der Waals surface area contributed by atoms with Crippen molar-refractivity contribution in [3.05, 3.63) is 110 Å². The number of nitrogens with zero attached hydrogens (tertiary/aromatic N) is 3. The van der Waals surface area contributed by atoms with E-state index in [1.165, 1.54) is 31.1 Å². The highest BCUT2D eigenvalue weighted by Crippen LogP contribution is 2.35. The van der Waals surface area contributed by atoms with Crippen LogP contribution in [-0.2, 0) is 20.7 Å². The Kier molecular flexibility index (Phi) is 24.2. The van der Waals surface area contributed by atoms with Crippen LogP contribution in [0.4, 0.5) is 37.2 Å². The van der Waals surface area contributed by atoms with E-state index in [1.807, 2.05) is 60.0 Å². The number of carbonyl (C=O) groups excluding carboxylic acids is 2. The summed E-state index contributed by atoms with van der Waals surface area (Å²) in [7, 11) is 0. The second-order valence-corrected chi connectivity index (χ2v) is 18.9. The van der Waals surface area contributed by atoms with Crippen LogP contribution >= 0.6 is 31.9 Å². The zero-order valence-electron chi connectivity index (χ0n) is 37.8. The highest BCUT2D eigenvalue weighted by molar-refractivity contribution is 9.10. The van der Waals surface area contributed by atoms with Gasteiger partial charge < -0.3 is 25.6 Å². The van der Waals surface area contributed by atoms with Gasteiger partial charge in [0.25, 0.3) is 0 Å². The van der Waals surface area contributed by atoms with E-state index < -0.39 is 0 Å². The molecule has 0 aliphatic carbocycles. The minimum Gasteiger partial charge on any atom is -0.397 e. The molecule has 1 aliphatic heterocycles. The number of rotatable bonds is 14. The van der Waals surface area contributed by atoms with Gasteiger partial charge in [0.1, 0.15) is 11.6 Å². The molecule has 3 N–H and O–H groups in total. The zero-order chi connectivity index (χ0) is 45.6. The quantitative estimate of drug-likeness (QED) is 0.0742. The minimum absolute atomic E-state index is 0.156. The van der Waals surface area contributed by atoms with Crippen molar-refractivity contribution in [3.8, 4) is 0 Å². The molecule has 1 fully saturated rings. The van der Waals surface area contributed by atoms with Crippen LogP contribution < -0.4 is 20.9 Å². The maximum absolute atomic E-state index is 15.0. The fourth-order valence-corrected chi connectivity index (χ4v) is 7.33. The van der Waals surface area contributed by atoms with Crippen LogP contribution in [0.5, 0.6) is 0 Å². The number of nitrogens with two attached hydrogens (primary N) is 1. The van der Waals surface area contributed by atoms with E-state index in [4.69, 9.17) is 10.5 Å². The number of ether oxygens (including phenoxy) is 1. The summed E-state index contributed by atoms with van der Waals surface area (Å²) in [5.41, 5.74) is 11.8. The monoisotopic (exact) mass is 969 g/mol. The van der Waals surface area contributed by atoms with E-state index in [9.17, 15) is 18.4 Å². The lowest BCUT2D eigenvalue weighted by molar-refractivity contribution is -0.115. The second-order valence-electron chi connectivity index (χ2n) is 17.1. The molecule has 8 nitrogen and oxygen atoms in total. The van der Waals surface area contributed by atoms with Gasteiger partial charge in [-0.2, -0.15) is 4.99 Å². The fraction of sp³-hybridized carbons (Fsp3) is 0.469. The highest BCUT2D eigenvalue weighted by atomic mass is 79.9. The van der Waals surface area contributed by atoms with Gasteiger partial charge in [-0.15, -0.1) is 0 Å². The van der Waals surface area contributed by atoms with Crippen molar-refractivity contribution in [1.29, 1.82) is 0 Å². The van der Waals surface area contributed by atoms with E-state index >= 15 is 0 Å². The molecule has 0 radical (unpaired) electrons. The maximum atomic E-state index is 15.0. The maximum Gasteiger partial charge on any atom is 0.240 e. The third kappa shape index (κ3) is 21.0. The standard InChI is InChI=1S/C23H30BrFN2O.C14H22BrFN2.C8H7NO.C4H8O/c1-15(2)13-27(14-16(3)4)23-20(25)11-19(24)12-21(23)26-22(28)10-18-8-6-17(5)7-9-18;1-9(2)7-18(8-10(3)4)14-12(16)5-11(15)6-13(14)17;1-7-2-4-8(5-3-7)9-6-10;1-2-4-5-3-1/h6-9,11-12,15-16H,10,13-14H2,1-5H3,(H,26,28);5-6,9-10H,7-8,17H2,1-4H3;2-5H,1H3;1-4H2. The van der Waals surface area contributed by atoms with Crippen molar-refractivity contribution in [1.82, 2.24) is 0 Å². The number of aliphatic imine (C=N–C) groups is 1. The van der Waals surface area contributed by atoms with Crippen LogP contribution in [0.15, 0.2) is 86.7 Å². The smallest absolute Gasteiger partial charge is 0.240 e. The van der Waals surface area contributed by atoms with Crippen molar-refractivity contribution in [2.75, 3.05) is 60.2 Å². The summed E-state index contributed by atoms with van der Waals surface area (Å²) < 4.78 is 35.3. The van der Waals surface area contributed by atoms with E-state index in [-0.39, 0.29) is 24.0 Å². The average Bonchev–Trinajstić information content (AvgIpc) is 3.73. The summed E-state index contributed by atoms with van der Waals surface area (Å²) in [6.07, 6.45) is 4.29. The van der Waals surface area contributed by atoms with Crippen LogP contribution in [0, 0.1) is 49.2 Å². The number of hydrogen-bond acceptors (Lipinski definition) is 7. The van der Waals surface area contributed by atoms with Crippen LogP contribution in [0.3, 0.4) is 0 Å². The summed E-state index contributed by atoms with van der Waals surface area (Å²) in [4.78, 5) is 29.9. The Morgan fingerprint density at radius 2 is 1.15 bits per heavy atom. The van der Waals surface area contributed by atoms with Gasteiger partial charge in [0, 0.05) is 48.3 Å². The molecule has 0 atom stereocenters. The van der Waals surface area contributed by atoms with Crippen molar-refractivity contribution < 1.29 is 23.1 Å². The number of nitrogen functional groups attached to an aromatic ring is 1. The SMILES string of the molecule is C1CCOC1.CC(C)CN(CC(C)C)c1c(N)cc(Br)cc1F.Cc1ccc(CC(=O)Nc2cc(Br)cc(F)c2N(CC(C)C)CC(C)C)cc1.Cc1ccc(N=C=O)cc1. The number of isocyanates is 1. The van der Waals surface area contributed by atoms with Crippen molar-refractivity contribution in [3.63, 3.8) is 0 Å². The van der Waals surface area contributed by atoms with Crippen LogP contribution in [-0.4, -0.2) is 51.4 Å². The largest absolute Gasteiger partial charge is 0.397 e. The Morgan fingerprint density at radius 1 is 0.721 bits per heavy atom. The Hall–Kier alpha value is -4.09. The van der Waals surface area contributed by atoms with Gasteiger partial charge in [-0.25, -0.2) is 13.6 Å². The minimum atomic E-state index is -0.332. The highest BCUT2D eigenvalue weighted by Gasteiger charge is 2.21. The molecule has 334 valence electrons. The molecule has 4 aromatic rings. The lowest BCUT2D eigenvalue weighted by Gasteiger charge is -2.31. The molecule has 0 spiro atoms. The number of amides is 1. The van der Waals surface area contributed by atoms with Gasteiger partial charge in [-0.3, -0.25) is 4.79 Å².